The van der Waals surface area contributed by atoms with Crippen molar-refractivity contribution in [3.05, 3.63) is 38.2 Å². The molecule has 0 saturated carbocycles. The number of halogens is 1. The zero-order chi connectivity index (χ0) is 13.3. The van der Waals surface area contributed by atoms with E-state index >= 15 is 0 Å². The Kier molecular flexibility index (Phi) is 3.55. The van der Waals surface area contributed by atoms with E-state index in [0.29, 0.717) is 17.0 Å². The Balaban J connectivity index is 2.36. The van der Waals surface area contributed by atoms with Gasteiger partial charge in [-0.2, -0.15) is 0 Å². The van der Waals surface area contributed by atoms with Crippen molar-refractivity contribution in [3.8, 4) is 0 Å². The van der Waals surface area contributed by atoms with Gasteiger partial charge in [0.15, 0.2) is 4.21 Å². The third-order valence-electron chi connectivity index (χ3n) is 1.99. The number of sulfonamides is 1. The minimum Gasteiger partial charge on any atom is -0.315 e. The van der Waals surface area contributed by atoms with E-state index < -0.39 is 14.9 Å². The van der Waals surface area contributed by atoms with Crippen LogP contribution in [0.1, 0.15) is 5.69 Å². The first-order valence-corrected chi connectivity index (χ1v) is 7.82. The monoisotopic (exact) mass is 349 g/mol. The lowest BCUT2D eigenvalue weighted by atomic mass is 10.5. The summed E-state index contributed by atoms with van der Waals surface area (Å²) in [6.45, 7) is 1.53. The number of aromatic amines is 1. The van der Waals surface area contributed by atoms with Crippen molar-refractivity contribution < 1.29 is 8.42 Å². The second-order valence-corrected chi connectivity index (χ2v) is 7.17. The first kappa shape index (κ1) is 13.2. The maximum Gasteiger partial charge on any atom is 0.306 e. The minimum atomic E-state index is -3.78. The maximum atomic E-state index is 12.0. The van der Waals surface area contributed by atoms with Crippen molar-refractivity contribution in [3.63, 3.8) is 0 Å². The van der Waals surface area contributed by atoms with Crippen LogP contribution in [0.3, 0.4) is 0 Å². The molecule has 0 aliphatic carbocycles. The predicted molar refractivity (Wildman–Crippen MR) is 72.4 cm³/mol. The van der Waals surface area contributed by atoms with Gasteiger partial charge in [-0.1, -0.05) is 11.3 Å². The van der Waals surface area contributed by atoms with Gasteiger partial charge < -0.3 is 4.98 Å². The van der Waals surface area contributed by atoms with E-state index in [1.165, 1.54) is 19.2 Å². The molecule has 6 nitrogen and oxygen atoms in total. The van der Waals surface area contributed by atoms with E-state index in [1.807, 2.05) is 0 Å². The molecule has 0 amide bonds. The van der Waals surface area contributed by atoms with Gasteiger partial charge in [0.05, 0.1) is 0 Å². The molecule has 0 radical (unpaired) electrons. The molecule has 0 aliphatic rings. The van der Waals surface area contributed by atoms with Crippen molar-refractivity contribution in [2.24, 2.45) is 0 Å². The first-order valence-electron chi connectivity index (χ1n) is 4.72. The average molecular weight is 350 g/mol. The molecule has 2 heterocycles. The van der Waals surface area contributed by atoms with E-state index in [0.717, 1.165) is 4.47 Å². The Morgan fingerprint density at radius 1 is 1.44 bits per heavy atom. The normalized spacial score (nSPS) is 11.4. The first-order chi connectivity index (χ1) is 8.38. The second kappa shape index (κ2) is 4.82. The molecule has 2 N–H and O–H groups in total. The Hall–Kier alpha value is -1.19. The number of nitrogens with one attached hydrogen (secondary N) is 2. The Labute approximate surface area is 115 Å². The molecular formula is C9H8BrN3O3S2. The second-order valence-electron chi connectivity index (χ2n) is 3.39. The van der Waals surface area contributed by atoms with Gasteiger partial charge in [-0.3, -0.25) is 9.52 Å². The molecule has 9 heteroatoms. The molecule has 0 unspecified atom stereocenters. The van der Waals surface area contributed by atoms with Gasteiger partial charge in [0.1, 0.15) is 5.82 Å². The van der Waals surface area contributed by atoms with Crippen LogP contribution in [0.5, 0.6) is 0 Å². The highest BCUT2D eigenvalue weighted by Crippen LogP contribution is 2.19. The van der Waals surface area contributed by atoms with Crippen molar-refractivity contribution in [1.82, 2.24) is 9.97 Å². The van der Waals surface area contributed by atoms with Gasteiger partial charge in [-0.05, 0) is 35.0 Å². The number of pyridine rings is 1. The Morgan fingerprint density at radius 3 is 2.67 bits per heavy atom. The number of hydrogen-bond donors (Lipinski definition) is 2. The van der Waals surface area contributed by atoms with Crippen molar-refractivity contribution >= 4 is 43.1 Å². The van der Waals surface area contributed by atoms with Crippen molar-refractivity contribution in [1.29, 1.82) is 0 Å². The largest absolute Gasteiger partial charge is 0.315 e. The molecule has 96 valence electrons. The molecule has 0 aliphatic heterocycles. The van der Waals surface area contributed by atoms with E-state index in [4.69, 9.17) is 0 Å². The highest BCUT2D eigenvalue weighted by Gasteiger charge is 2.20. The summed E-state index contributed by atoms with van der Waals surface area (Å²) in [5, 5.41) is 0. The molecule has 0 fully saturated rings. The van der Waals surface area contributed by atoms with Crippen LogP contribution in [0, 0.1) is 6.92 Å². The van der Waals surface area contributed by atoms with Crippen LogP contribution < -0.4 is 9.60 Å². The molecule has 0 atom stereocenters. The Morgan fingerprint density at radius 2 is 2.17 bits per heavy atom. The summed E-state index contributed by atoms with van der Waals surface area (Å²) in [6.07, 6.45) is 1.48. The van der Waals surface area contributed by atoms with E-state index in [9.17, 15) is 13.2 Å². The highest BCUT2D eigenvalue weighted by molar-refractivity contribution is 9.10. The third-order valence-corrected chi connectivity index (χ3v) is 5.42. The molecule has 2 aromatic rings. The fourth-order valence-corrected chi connectivity index (χ4v) is 3.81. The maximum absolute atomic E-state index is 12.0. The number of hydrogen-bond acceptors (Lipinski definition) is 5. The summed E-state index contributed by atoms with van der Waals surface area (Å²) in [4.78, 5) is 17.0. The molecule has 0 aromatic carbocycles. The Bertz CT molecular complexity index is 718. The van der Waals surface area contributed by atoms with E-state index in [-0.39, 0.29) is 10.0 Å². The van der Waals surface area contributed by atoms with Gasteiger partial charge in [-0.15, -0.1) is 0 Å². The number of aromatic nitrogens is 2. The average Bonchev–Trinajstić information content (AvgIpc) is 2.62. The van der Waals surface area contributed by atoms with Crippen molar-refractivity contribution in [2.45, 2.75) is 11.1 Å². The summed E-state index contributed by atoms with van der Waals surface area (Å²) in [5.41, 5.74) is 0.314. The number of anilines is 1. The van der Waals surface area contributed by atoms with Crippen LogP contribution in [0.2, 0.25) is 0 Å². The molecule has 0 saturated heterocycles. The van der Waals surface area contributed by atoms with Gasteiger partial charge >= 0.3 is 4.87 Å². The van der Waals surface area contributed by atoms with Crippen LogP contribution in [0.15, 0.2) is 31.8 Å². The zero-order valence-corrected chi connectivity index (χ0v) is 12.3. The molecule has 0 spiro atoms. The fourth-order valence-electron chi connectivity index (χ4n) is 1.27. The lowest BCUT2D eigenvalue weighted by Gasteiger charge is -2.05. The lowest BCUT2D eigenvalue weighted by molar-refractivity contribution is 0.602. The third kappa shape index (κ3) is 2.79. The number of nitrogens with zero attached hydrogens (tertiary/aromatic N) is 1. The van der Waals surface area contributed by atoms with Gasteiger partial charge in [-0.25, -0.2) is 13.4 Å². The summed E-state index contributed by atoms with van der Waals surface area (Å²) in [7, 11) is -3.78. The number of rotatable bonds is 3. The molecule has 0 bridgehead atoms. The van der Waals surface area contributed by atoms with Crippen LogP contribution in [0.4, 0.5) is 5.82 Å². The quantitative estimate of drug-likeness (QED) is 0.881. The summed E-state index contributed by atoms with van der Waals surface area (Å²) >= 11 is 3.85. The van der Waals surface area contributed by atoms with Gasteiger partial charge in [0.2, 0.25) is 0 Å². The van der Waals surface area contributed by atoms with Crippen LogP contribution in [0.25, 0.3) is 0 Å². The smallest absolute Gasteiger partial charge is 0.306 e. The lowest BCUT2D eigenvalue weighted by Crippen LogP contribution is -2.13. The summed E-state index contributed by atoms with van der Waals surface area (Å²) in [5.74, 6) is 0.193. The zero-order valence-electron chi connectivity index (χ0n) is 9.10. The van der Waals surface area contributed by atoms with E-state index in [2.05, 4.69) is 30.6 Å². The SMILES string of the molecule is Cc1[nH]c(=O)sc1S(=O)(=O)Nc1ccc(Br)cn1. The van der Waals surface area contributed by atoms with Gasteiger partial charge in [0, 0.05) is 16.4 Å². The van der Waals surface area contributed by atoms with Crippen molar-refractivity contribution in [2.75, 3.05) is 4.72 Å². The van der Waals surface area contributed by atoms with E-state index in [1.54, 1.807) is 6.07 Å². The fraction of sp³-hybridized carbons (Fsp3) is 0.111. The number of thiazole rings is 1. The molecular weight excluding hydrogens is 342 g/mol. The summed E-state index contributed by atoms with van der Waals surface area (Å²) < 4.78 is 27.0. The number of aryl methyl sites for hydroxylation is 1. The topological polar surface area (TPSA) is 91.9 Å². The summed E-state index contributed by atoms with van der Waals surface area (Å²) in [6, 6.07) is 3.18. The molecule has 18 heavy (non-hydrogen) atoms. The highest BCUT2D eigenvalue weighted by atomic mass is 79.9. The van der Waals surface area contributed by atoms with Crippen LogP contribution in [-0.2, 0) is 10.0 Å². The standard InChI is InChI=1S/C9H8BrN3O3S2/c1-5-8(17-9(14)12-5)18(15,16)13-7-3-2-6(10)4-11-7/h2-4H,1H3,(H,11,13)(H,12,14). The van der Waals surface area contributed by atoms with Crippen LogP contribution in [-0.4, -0.2) is 18.4 Å². The number of H-pyrrole nitrogens is 1. The molecule has 2 rings (SSSR count). The van der Waals surface area contributed by atoms with Crippen LogP contribution >= 0.6 is 27.3 Å². The molecule has 2 aromatic heterocycles. The minimum absolute atomic E-state index is 0.0304. The predicted octanol–water partition coefficient (Wildman–Crippen LogP) is 1.70. The van der Waals surface area contributed by atoms with Gasteiger partial charge in [0.25, 0.3) is 10.0 Å².